The van der Waals surface area contributed by atoms with Crippen LogP contribution in [0.2, 0.25) is 0 Å². The predicted octanol–water partition coefficient (Wildman–Crippen LogP) is 2.85. The number of methoxy groups -OCH3 is 1. The molecule has 0 fully saturated rings. The number of fused-ring (bicyclic) bond motifs is 1. The lowest BCUT2D eigenvalue weighted by Gasteiger charge is -2.21. The van der Waals surface area contributed by atoms with E-state index in [-0.39, 0.29) is 0 Å². The molecule has 0 amide bonds. The zero-order valence-electron chi connectivity index (χ0n) is 9.06. The van der Waals surface area contributed by atoms with Crippen LogP contribution in [0.25, 0.3) is 10.1 Å². The van der Waals surface area contributed by atoms with Crippen LogP contribution in [-0.2, 0) is 15.1 Å². The number of thiophene rings is 1. The fourth-order valence-electron chi connectivity index (χ4n) is 1.51. The average Bonchev–Trinajstić information content (AvgIpc) is 2.71. The molecule has 2 aromatic rings. The number of rotatable bonds is 3. The van der Waals surface area contributed by atoms with Gasteiger partial charge in [-0.15, -0.1) is 11.3 Å². The summed E-state index contributed by atoms with van der Waals surface area (Å²) in [6, 6.07) is 9.68. The third kappa shape index (κ3) is 1.60. The number of ether oxygens (including phenoxy) is 1. The molecule has 0 aliphatic carbocycles. The lowest BCUT2D eigenvalue weighted by Crippen LogP contribution is -2.33. The number of benzene rings is 1. The molecule has 1 aromatic carbocycles. The minimum atomic E-state index is -1.26. The first-order valence-electron chi connectivity index (χ1n) is 4.85. The van der Waals surface area contributed by atoms with Crippen LogP contribution < -0.4 is 0 Å². The maximum absolute atomic E-state index is 11.2. The highest BCUT2D eigenvalue weighted by atomic mass is 32.1. The van der Waals surface area contributed by atoms with Gasteiger partial charge in [-0.25, -0.2) is 4.79 Å². The summed E-state index contributed by atoms with van der Waals surface area (Å²) in [4.78, 5) is 11.9. The van der Waals surface area contributed by atoms with E-state index in [1.807, 2.05) is 30.3 Å². The molecule has 0 bridgehead atoms. The van der Waals surface area contributed by atoms with Crippen LogP contribution in [0.1, 0.15) is 11.8 Å². The zero-order valence-corrected chi connectivity index (χ0v) is 9.88. The normalized spacial score (nSPS) is 14.9. The van der Waals surface area contributed by atoms with Crippen LogP contribution in [0, 0.1) is 0 Å². The molecule has 4 heteroatoms. The van der Waals surface area contributed by atoms with Crippen molar-refractivity contribution in [2.45, 2.75) is 12.5 Å². The Morgan fingerprint density at radius 2 is 2.12 bits per heavy atom. The maximum Gasteiger partial charge on any atom is 0.341 e. The van der Waals surface area contributed by atoms with Crippen molar-refractivity contribution in [2.75, 3.05) is 7.11 Å². The van der Waals surface area contributed by atoms with Crippen LogP contribution in [0.5, 0.6) is 0 Å². The molecule has 0 saturated heterocycles. The molecule has 1 atom stereocenters. The molecule has 0 aliphatic rings. The van der Waals surface area contributed by atoms with Crippen molar-refractivity contribution >= 4 is 27.4 Å². The van der Waals surface area contributed by atoms with Gasteiger partial charge in [0.05, 0.1) is 0 Å². The van der Waals surface area contributed by atoms with Gasteiger partial charge >= 0.3 is 5.97 Å². The Hall–Kier alpha value is -1.39. The molecule has 3 nitrogen and oxygen atoms in total. The van der Waals surface area contributed by atoms with Crippen molar-refractivity contribution in [3.8, 4) is 0 Å². The standard InChI is InChI=1S/C12H12O3S/c1-12(15-2,11(13)14)10-7-8-5-3-4-6-9(8)16-10/h3-7H,1-2H3,(H,13,14). The van der Waals surface area contributed by atoms with E-state index in [4.69, 9.17) is 4.74 Å². The zero-order chi connectivity index (χ0) is 11.8. The third-order valence-electron chi connectivity index (χ3n) is 2.71. The van der Waals surface area contributed by atoms with Gasteiger partial charge in [-0.05, 0) is 24.4 Å². The minimum Gasteiger partial charge on any atom is -0.479 e. The second-order valence-corrected chi connectivity index (χ2v) is 4.77. The first-order chi connectivity index (χ1) is 7.58. The maximum atomic E-state index is 11.2. The fourth-order valence-corrected chi connectivity index (χ4v) is 2.69. The molecule has 16 heavy (non-hydrogen) atoms. The largest absolute Gasteiger partial charge is 0.479 e. The third-order valence-corrected chi connectivity index (χ3v) is 4.03. The van der Waals surface area contributed by atoms with E-state index in [2.05, 4.69) is 0 Å². The van der Waals surface area contributed by atoms with Gasteiger partial charge in [-0.1, -0.05) is 18.2 Å². The quantitative estimate of drug-likeness (QED) is 0.891. The van der Waals surface area contributed by atoms with Gasteiger partial charge in [0.1, 0.15) is 0 Å². The molecule has 1 N–H and O–H groups in total. The highest BCUT2D eigenvalue weighted by molar-refractivity contribution is 7.19. The summed E-state index contributed by atoms with van der Waals surface area (Å²) in [5, 5.41) is 10.2. The summed E-state index contributed by atoms with van der Waals surface area (Å²) >= 11 is 1.45. The van der Waals surface area contributed by atoms with Crippen molar-refractivity contribution < 1.29 is 14.6 Å². The van der Waals surface area contributed by atoms with Gasteiger partial charge in [-0.3, -0.25) is 0 Å². The number of carbonyl (C=O) groups is 1. The molecular weight excluding hydrogens is 224 g/mol. The first-order valence-corrected chi connectivity index (χ1v) is 5.67. The Balaban J connectivity index is 2.58. The van der Waals surface area contributed by atoms with Crippen LogP contribution in [-0.4, -0.2) is 18.2 Å². The van der Waals surface area contributed by atoms with Gasteiger partial charge in [-0.2, -0.15) is 0 Å². The van der Waals surface area contributed by atoms with Crippen molar-refractivity contribution in [1.82, 2.24) is 0 Å². The molecule has 1 heterocycles. The average molecular weight is 236 g/mol. The Bertz CT molecular complexity index is 499. The number of hydrogen-bond acceptors (Lipinski definition) is 3. The molecule has 0 spiro atoms. The van der Waals surface area contributed by atoms with E-state index in [1.54, 1.807) is 6.92 Å². The SMILES string of the molecule is COC(C)(C(=O)O)c1cc2ccccc2s1. The highest BCUT2D eigenvalue weighted by Crippen LogP contribution is 2.35. The van der Waals surface area contributed by atoms with E-state index in [1.165, 1.54) is 18.4 Å². The van der Waals surface area contributed by atoms with E-state index < -0.39 is 11.6 Å². The first kappa shape index (κ1) is 11.1. The second kappa shape index (κ2) is 3.88. The Morgan fingerprint density at radius 3 is 2.69 bits per heavy atom. The molecule has 0 aliphatic heterocycles. The van der Waals surface area contributed by atoms with Crippen LogP contribution in [0.15, 0.2) is 30.3 Å². The van der Waals surface area contributed by atoms with Gasteiger partial charge in [0.25, 0.3) is 0 Å². The van der Waals surface area contributed by atoms with Gasteiger partial charge in [0.2, 0.25) is 0 Å². The number of carboxylic acids is 1. The molecule has 84 valence electrons. The van der Waals surface area contributed by atoms with Gasteiger partial charge < -0.3 is 9.84 Å². The summed E-state index contributed by atoms with van der Waals surface area (Å²) in [5.41, 5.74) is -1.26. The van der Waals surface area contributed by atoms with Crippen molar-refractivity contribution in [3.05, 3.63) is 35.2 Å². The number of hydrogen-bond donors (Lipinski definition) is 1. The topological polar surface area (TPSA) is 46.5 Å². The van der Waals surface area contributed by atoms with Crippen molar-refractivity contribution in [3.63, 3.8) is 0 Å². The summed E-state index contributed by atoms with van der Waals surface area (Å²) in [6.07, 6.45) is 0. The molecule has 1 unspecified atom stereocenters. The number of aliphatic carboxylic acids is 1. The van der Waals surface area contributed by atoms with E-state index in [0.717, 1.165) is 10.1 Å². The van der Waals surface area contributed by atoms with Crippen LogP contribution in [0.4, 0.5) is 0 Å². The van der Waals surface area contributed by atoms with Gasteiger partial charge in [0.15, 0.2) is 5.60 Å². The highest BCUT2D eigenvalue weighted by Gasteiger charge is 2.36. The fraction of sp³-hybridized carbons (Fsp3) is 0.250. The summed E-state index contributed by atoms with van der Waals surface area (Å²) in [7, 11) is 1.42. The van der Waals surface area contributed by atoms with Gasteiger partial charge in [0, 0.05) is 16.7 Å². The summed E-state index contributed by atoms with van der Waals surface area (Å²) < 4.78 is 6.20. The van der Waals surface area contributed by atoms with Crippen molar-refractivity contribution in [2.24, 2.45) is 0 Å². The van der Waals surface area contributed by atoms with E-state index in [0.29, 0.717) is 4.88 Å². The summed E-state index contributed by atoms with van der Waals surface area (Å²) in [5.74, 6) is -0.971. The van der Waals surface area contributed by atoms with Crippen LogP contribution >= 0.6 is 11.3 Å². The van der Waals surface area contributed by atoms with Crippen molar-refractivity contribution in [1.29, 1.82) is 0 Å². The minimum absolute atomic E-state index is 0.712. The second-order valence-electron chi connectivity index (χ2n) is 3.69. The van der Waals surface area contributed by atoms with E-state index in [9.17, 15) is 9.90 Å². The Morgan fingerprint density at radius 1 is 1.44 bits per heavy atom. The monoisotopic (exact) mass is 236 g/mol. The molecule has 0 radical (unpaired) electrons. The predicted molar refractivity (Wildman–Crippen MR) is 63.8 cm³/mol. The molecule has 0 saturated carbocycles. The van der Waals surface area contributed by atoms with Crippen LogP contribution in [0.3, 0.4) is 0 Å². The Kier molecular flexibility index (Phi) is 2.69. The Labute approximate surface area is 97.3 Å². The lowest BCUT2D eigenvalue weighted by molar-refractivity contribution is -0.160. The molecule has 2 rings (SSSR count). The van der Waals surface area contributed by atoms with E-state index >= 15 is 0 Å². The lowest BCUT2D eigenvalue weighted by atomic mass is 10.0. The smallest absolute Gasteiger partial charge is 0.341 e. The molecular formula is C12H12O3S. The summed E-state index contributed by atoms with van der Waals surface area (Å²) in [6.45, 7) is 1.57. The molecule has 1 aromatic heterocycles. The number of carboxylic acid groups (broad SMARTS) is 1.